The highest BCUT2D eigenvalue weighted by atomic mass is 15.3. The lowest BCUT2D eigenvalue weighted by Gasteiger charge is -2.35. The van der Waals surface area contributed by atoms with Gasteiger partial charge >= 0.3 is 0 Å². The summed E-state index contributed by atoms with van der Waals surface area (Å²) in [5.41, 5.74) is 6.31. The van der Waals surface area contributed by atoms with E-state index in [1.54, 1.807) is 0 Å². The van der Waals surface area contributed by atoms with Gasteiger partial charge in [0.15, 0.2) is 0 Å². The maximum Gasteiger partial charge on any atom is 0.225 e. The maximum atomic E-state index is 5.10. The van der Waals surface area contributed by atoms with Crippen molar-refractivity contribution in [1.82, 2.24) is 24.4 Å². The number of hydrogen-bond acceptors (Lipinski definition) is 5. The van der Waals surface area contributed by atoms with E-state index in [4.69, 9.17) is 9.97 Å². The van der Waals surface area contributed by atoms with E-state index in [1.807, 2.05) is 18.7 Å². The quantitative estimate of drug-likeness (QED) is 0.476. The molecular weight excluding hydrogens is 408 g/mol. The minimum Gasteiger partial charge on any atom is -0.338 e. The third kappa shape index (κ3) is 4.02. The normalized spacial score (nSPS) is 18.1. The van der Waals surface area contributed by atoms with Crippen molar-refractivity contribution in [2.75, 3.05) is 37.6 Å². The first kappa shape index (κ1) is 20.1. The second-order valence-electron chi connectivity index (χ2n) is 8.93. The van der Waals surface area contributed by atoms with Crippen molar-refractivity contribution in [2.45, 2.75) is 18.9 Å². The number of benzene rings is 2. The van der Waals surface area contributed by atoms with Gasteiger partial charge in [-0.2, -0.15) is 0 Å². The zero-order valence-corrected chi connectivity index (χ0v) is 18.7. The average Bonchev–Trinajstić information content (AvgIpc) is 3.41. The monoisotopic (exact) mass is 436 g/mol. The summed E-state index contributed by atoms with van der Waals surface area (Å²) in [6.45, 7) is 6.00. The predicted octanol–water partition coefficient (Wildman–Crippen LogP) is 3.85. The van der Waals surface area contributed by atoms with Crippen molar-refractivity contribution < 1.29 is 0 Å². The SMILES string of the molecule is c1ccc(C2Cc3cnc(N4CCN(CCn5ccnc5)CC4)nc3-c3ccccc32)cc1. The average molecular weight is 437 g/mol. The van der Waals surface area contributed by atoms with E-state index in [9.17, 15) is 0 Å². The molecule has 6 rings (SSSR count). The Kier molecular flexibility index (Phi) is 5.36. The van der Waals surface area contributed by atoms with Gasteiger partial charge in [-0.3, -0.25) is 4.90 Å². The van der Waals surface area contributed by atoms with E-state index in [-0.39, 0.29) is 0 Å². The van der Waals surface area contributed by atoms with Gasteiger partial charge < -0.3 is 9.47 Å². The number of anilines is 1. The Labute approximate surface area is 194 Å². The van der Waals surface area contributed by atoms with Gasteiger partial charge in [0, 0.05) is 69.3 Å². The summed E-state index contributed by atoms with van der Waals surface area (Å²) in [6.07, 6.45) is 8.76. The summed E-state index contributed by atoms with van der Waals surface area (Å²) in [7, 11) is 0. The third-order valence-corrected chi connectivity index (χ3v) is 6.96. The molecule has 1 saturated heterocycles. The van der Waals surface area contributed by atoms with Crippen molar-refractivity contribution in [2.24, 2.45) is 0 Å². The molecule has 2 aliphatic rings. The van der Waals surface area contributed by atoms with Crippen molar-refractivity contribution in [3.8, 4) is 11.3 Å². The van der Waals surface area contributed by atoms with Gasteiger partial charge in [0.25, 0.3) is 0 Å². The van der Waals surface area contributed by atoms with E-state index >= 15 is 0 Å². The molecule has 33 heavy (non-hydrogen) atoms. The molecule has 6 nitrogen and oxygen atoms in total. The molecule has 1 aliphatic carbocycles. The molecule has 6 heteroatoms. The highest BCUT2D eigenvalue weighted by Crippen LogP contribution is 2.41. The number of fused-ring (bicyclic) bond motifs is 3. The van der Waals surface area contributed by atoms with Crippen LogP contribution < -0.4 is 4.90 Å². The summed E-state index contributed by atoms with van der Waals surface area (Å²) < 4.78 is 2.14. The first-order valence-electron chi connectivity index (χ1n) is 11.8. The number of imidazole rings is 1. The molecule has 0 radical (unpaired) electrons. The van der Waals surface area contributed by atoms with Gasteiger partial charge in [0.05, 0.1) is 12.0 Å². The van der Waals surface area contributed by atoms with Crippen LogP contribution in [0.3, 0.4) is 0 Å². The second-order valence-corrected chi connectivity index (χ2v) is 8.93. The molecule has 2 aromatic carbocycles. The van der Waals surface area contributed by atoms with Crippen molar-refractivity contribution >= 4 is 5.95 Å². The van der Waals surface area contributed by atoms with Gasteiger partial charge in [-0.25, -0.2) is 15.0 Å². The molecule has 4 aromatic rings. The van der Waals surface area contributed by atoms with Gasteiger partial charge in [0.2, 0.25) is 5.95 Å². The lowest BCUT2D eigenvalue weighted by Crippen LogP contribution is -2.47. The number of nitrogens with zero attached hydrogens (tertiary/aromatic N) is 6. The van der Waals surface area contributed by atoms with E-state index in [2.05, 4.69) is 80.1 Å². The fourth-order valence-corrected chi connectivity index (χ4v) is 5.11. The molecule has 1 atom stereocenters. The molecule has 0 N–H and O–H groups in total. The summed E-state index contributed by atoms with van der Waals surface area (Å²) in [4.78, 5) is 18.9. The van der Waals surface area contributed by atoms with Crippen LogP contribution in [-0.2, 0) is 13.0 Å². The molecule has 2 aromatic heterocycles. The van der Waals surface area contributed by atoms with Crippen LogP contribution in [0, 0.1) is 0 Å². The minimum absolute atomic E-state index is 0.350. The lowest BCUT2D eigenvalue weighted by molar-refractivity contribution is 0.247. The van der Waals surface area contributed by atoms with Gasteiger partial charge in [0.1, 0.15) is 0 Å². The topological polar surface area (TPSA) is 50.1 Å². The van der Waals surface area contributed by atoms with Gasteiger partial charge in [-0.1, -0.05) is 54.6 Å². The van der Waals surface area contributed by atoms with Crippen LogP contribution in [0.4, 0.5) is 5.95 Å². The van der Waals surface area contributed by atoms with Gasteiger partial charge in [-0.15, -0.1) is 0 Å². The molecule has 1 aliphatic heterocycles. The third-order valence-electron chi connectivity index (χ3n) is 6.96. The van der Waals surface area contributed by atoms with Gasteiger partial charge in [-0.05, 0) is 23.1 Å². The smallest absolute Gasteiger partial charge is 0.225 e. The Morgan fingerprint density at radius 1 is 0.879 bits per heavy atom. The standard InChI is InChI=1S/C27H28N6/c1-2-6-21(7-3-1)25-18-22-19-29-27(30-26(22)24-9-5-4-8-23(24)25)33-16-14-31(15-17-33)12-13-32-11-10-28-20-32/h1-11,19-20,25H,12-18H2. The number of rotatable bonds is 5. The fraction of sp³-hybridized carbons (Fsp3) is 0.296. The van der Waals surface area contributed by atoms with Crippen LogP contribution in [0.25, 0.3) is 11.3 Å². The molecule has 1 fully saturated rings. The highest BCUT2D eigenvalue weighted by molar-refractivity contribution is 5.72. The van der Waals surface area contributed by atoms with Crippen molar-refractivity contribution in [3.05, 3.63) is 96.2 Å². The van der Waals surface area contributed by atoms with E-state index < -0.39 is 0 Å². The summed E-state index contributed by atoms with van der Waals surface area (Å²) in [5, 5.41) is 0. The van der Waals surface area contributed by atoms with Crippen LogP contribution in [0.5, 0.6) is 0 Å². The van der Waals surface area contributed by atoms with E-state index in [0.29, 0.717) is 5.92 Å². The molecule has 0 spiro atoms. The molecule has 3 heterocycles. The predicted molar refractivity (Wildman–Crippen MR) is 130 cm³/mol. The van der Waals surface area contributed by atoms with Crippen molar-refractivity contribution in [1.29, 1.82) is 0 Å². The van der Waals surface area contributed by atoms with Crippen LogP contribution >= 0.6 is 0 Å². The Morgan fingerprint density at radius 2 is 1.70 bits per heavy atom. The lowest BCUT2D eigenvalue weighted by atomic mass is 9.78. The molecule has 0 saturated carbocycles. The minimum atomic E-state index is 0.350. The number of aromatic nitrogens is 4. The zero-order valence-electron chi connectivity index (χ0n) is 18.7. The largest absolute Gasteiger partial charge is 0.338 e. The Bertz CT molecular complexity index is 1210. The van der Waals surface area contributed by atoms with Crippen LogP contribution in [-0.4, -0.2) is 57.1 Å². The zero-order chi connectivity index (χ0) is 22.0. The first-order chi connectivity index (χ1) is 16.3. The Balaban J connectivity index is 1.20. The molecule has 0 amide bonds. The highest BCUT2D eigenvalue weighted by Gasteiger charge is 2.28. The van der Waals surface area contributed by atoms with E-state index in [1.165, 1.54) is 22.3 Å². The summed E-state index contributed by atoms with van der Waals surface area (Å²) in [6, 6.07) is 19.5. The van der Waals surface area contributed by atoms with Crippen LogP contribution in [0.15, 0.2) is 79.5 Å². The Hall–Kier alpha value is -3.51. The summed E-state index contributed by atoms with van der Waals surface area (Å²) in [5.74, 6) is 1.21. The second kappa shape index (κ2) is 8.79. The first-order valence-corrected chi connectivity index (χ1v) is 11.8. The Morgan fingerprint density at radius 3 is 2.52 bits per heavy atom. The number of hydrogen-bond donors (Lipinski definition) is 0. The van der Waals surface area contributed by atoms with Crippen LogP contribution in [0.1, 0.15) is 22.6 Å². The summed E-state index contributed by atoms with van der Waals surface area (Å²) >= 11 is 0. The fourth-order valence-electron chi connectivity index (χ4n) is 5.11. The van der Waals surface area contributed by atoms with E-state index in [0.717, 1.165) is 57.3 Å². The van der Waals surface area contributed by atoms with Crippen molar-refractivity contribution in [3.63, 3.8) is 0 Å². The molecule has 0 bridgehead atoms. The number of piperazine rings is 1. The van der Waals surface area contributed by atoms with Crippen LogP contribution in [0.2, 0.25) is 0 Å². The maximum absolute atomic E-state index is 5.10. The molecule has 166 valence electrons. The molecular formula is C27H28N6. The molecule has 1 unspecified atom stereocenters.